The third kappa shape index (κ3) is 5.61. The summed E-state index contributed by atoms with van der Waals surface area (Å²) in [7, 11) is 1.30. The van der Waals surface area contributed by atoms with Gasteiger partial charge in [0.15, 0.2) is 5.69 Å². The van der Waals surface area contributed by atoms with Gasteiger partial charge in [-0.25, -0.2) is 9.78 Å². The van der Waals surface area contributed by atoms with E-state index in [1.54, 1.807) is 16.8 Å². The van der Waals surface area contributed by atoms with Gasteiger partial charge >= 0.3 is 5.97 Å². The second kappa shape index (κ2) is 11.3. The number of ether oxygens (including phenoxy) is 2. The first-order valence-electron chi connectivity index (χ1n) is 11.6. The standard InChI is InChI=1S/C25H30N4O6/c1-34-25(33)22-21(28-24(32)17-8-10-35-15-17)20-11-18(26-13-19(31)14-30)12-27-23(20)29(22)9-7-16-5-3-2-4-6-16/h2-6,11-12,17,19,26,30-31H,7-10,13-15H2,1H3,(H,28,32). The van der Waals surface area contributed by atoms with Crippen molar-refractivity contribution in [2.75, 3.05) is 44.1 Å². The molecule has 0 saturated carbocycles. The second-order valence-corrected chi connectivity index (χ2v) is 8.46. The van der Waals surface area contributed by atoms with E-state index in [9.17, 15) is 14.7 Å². The molecule has 2 aromatic heterocycles. The van der Waals surface area contributed by atoms with Gasteiger partial charge < -0.3 is 34.9 Å². The third-order valence-corrected chi connectivity index (χ3v) is 6.05. The highest BCUT2D eigenvalue weighted by Gasteiger charge is 2.29. The van der Waals surface area contributed by atoms with Gasteiger partial charge in [-0.1, -0.05) is 30.3 Å². The van der Waals surface area contributed by atoms with Gasteiger partial charge in [0.2, 0.25) is 5.91 Å². The highest BCUT2D eigenvalue weighted by molar-refractivity contribution is 6.11. The number of hydrogen-bond acceptors (Lipinski definition) is 8. The van der Waals surface area contributed by atoms with E-state index in [4.69, 9.17) is 14.6 Å². The number of nitrogens with zero attached hydrogens (tertiary/aromatic N) is 2. The van der Waals surface area contributed by atoms with Crippen LogP contribution >= 0.6 is 0 Å². The summed E-state index contributed by atoms with van der Waals surface area (Å²) in [6, 6.07) is 11.6. The number of benzene rings is 1. The summed E-state index contributed by atoms with van der Waals surface area (Å²) >= 11 is 0. The van der Waals surface area contributed by atoms with E-state index in [1.807, 2.05) is 30.3 Å². The topological polar surface area (TPSA) is 135 Å². The first kappa shape index (κ1) is 24.6. The van der Waals surface area contributed by atoms with Crippen molar-refractivity contribution >= 4 is 34.3 Å². The molecule has 0 spiro atoms. The van der Waals surface area contributed by atoms with Crippen LogP contribution in [0.1, 0.15) is 22.5 Å². The van der Waals surface area contributed by atoms with E-state index in [2.05, 4.69) is 15.6 Å². The number of carbonyl (C=O) groups is 2. The van der Waals surface area contributed by atoms with Crippen LogP contribution in [0, 0.1) is 5.92 Å². The van der Waals surface area contributed by atoms with Crippen LogP contribution in [-0.2, 0) is 27.2 Å². The van der Waals surface area contributed by atoms with E-state index in [1.165, 1.54) is 7.11 Å². The molecule has 4 N–H and O–H groups in total. The number of nitrogens with one attached hydrogen (secondary N) is 2. The van der Waals surface area contributed by atoms with Crippen molar-refractivity contribution in [2.45, 2.75) is 25.5 Å². The molecule has 1 aliphatic rings. The lowest BCUT2D eigenvalue weighted by atomic mass is 10.1. The molecule has 186 valence electrons. The van der Waals surface area contributed by atoms with Crippen molar-refractivity contribution in [3.05, 3.63) is 53.9 Å². The van der Waals surface area contributed by atoms with Crippen molar-refractivity contribution in [1.29, 1.82) is 0 Å². The lowest BCUT2D eigenvalue weighted by molar-refractivity contribution is -0.119. The van der Waals surface area contributed by atoms with E-state index >= 15 is 0 Å². The highest BCUT2D eigenvalue weighted by Crippen LogP contribution is 2.33. The molecule has 10 nitrogen and oxygen atoms in total. The Morgan fingerprint density at radius 1 is 1.31 bits per heavy atom. The van der Waals surface area contributed by atoms with Crippen molar-refractivity contribution < 1.29 is 29.3 Å². The number of hydrogen-bond donors (Lipinski definition) is 4. The summed E-state index contributed by atoms with van der Waals surface area (Å²) in [5.41, 5.74) is 2.73. The molecule has 10 heteroatoms. The lowest BCUT2D eigenvalue weighted by Gasteiger charge is -2.12. The molecular weight excluding hydrogens is 452 g/mol. The Bertz CT molecular complexity index is 1170. The third-order valence-electron chi connectivity index (χ3n) is 6.05. The smallest absolute Gasteiger partial charge is 0.356 e. The van der Waals surface area contributed by atoms with Crippen LogP contribution < -0.4 is 10.6 Å². The largest absolute Gasteiger partial charge is 0.464 e. The molecule has 2 atom stereocenters. The molecule has 3 aromatic rings. The summed E-state index contributed by atoms with van der Waals surface area (Å²) in [5.74, 6) is -1.12. The molecule has 0 bridgehead atoms. The van der Waals surface area contributed by atoms with Crippen LogP contribution in [0.25, 0.3) is 11.0 Å². The molecule has 35 heavy (non-hydrogen) atoms. The van der Waals surface area contributed by atoms with Crippen molar-refractivity contribution in [1.82, 2.24) is 9.55 Å². The number of pyridine rings is 1. The lowest BCUT2D eigenvalue weighted by Crippen LogP contribution is -2.24. The number of rotatable bonds is 10. The van der Waals surface area contributed by atoms with E-state index in [0.29, 0.717) is 55.0 Å². The van der Waals surface area contributed by atoms with E-state index in [0.717, 1.165) is 5.56 Å². The molecule has 4 rings (SSSR count). The fraction of sp³-hybridized carbons (Fsp3) is 0.400. The number of methoxy groups -OCH3 is 1. The minimum Gasteiger partial charge on any atom is -0.464 e. The quantitative estimate of drug-likeness (QED) is 0.322. The van der Waals surface area contributed by atoms with Gasteiger partial charge in [-0.15, -0.1) is 0 Å². The summed E-state index contributed by atoms with van der Waals surface area (Å²) in [5, 5.41) is 25.3. The maximum Gasteiger partial charge on any atom is 0.356 e. The Balaban J connectivity index is 1.76. The highest BCUT2D eigenvalue weighted by atomic mass is 16.5. The van der Waals surface area contributed by atoms with Gasteiger partial charge in [-0.2, -0.15) is 0 Å². The Morgan fingerprint density at radius 2 is 2.11 bits per heavy atom. The molecule has 1 saturated heterocycles. The van der Waals surface area contributed by atoms with E-state index < -0.39 is 12.1 Å². The van der Waals surface area contributed by atoms with Crippen LogP contribution in [0.4, 0.5) is 11.4 Å². The average molecular weight is 483 g/mol. The predicted octanol–water partition coefficient (Wildman–Crippen LogP) is 1.81. The van der Waals surface area contributed by atoms with Gasteiger partial charge in [0.1, 0.15) is 5.65 Å². The normalized spacial score (nSPS) is 16.3. The van der Waals surface area contributed by atoms with Crippen LogP contribution in [0.2, 0.25) is 0 Å². The summed E-state index contributed by atoms with van der Waals surface area (Å²) < 4.78 is 12.2. The molecule has 1 amide bonds. The molecule has 2 unspecified atom stereocenters. The number of anilines is 2. The van der Waals surface area contributed by atoms with Gasteiger partial charge in [-0.05, 0) is 24.5 Å². The molecule has 1 aliphatic heterocycles. The predicted molar refractivity (Wildman–Crippen MR) is 130 cm³/mol. The maximum absolute atomic E-state index is 13.0. The van der Waals surface area contributed by atoms with Gasteiger partial charge in [0.25, 0.3) is 0 Å². The van der Waals surface area contributed by atoms with Gasteiger partial charge in [0, 0.05) is 25.1 Å². The number of carbonyl (C=O) groups excluding carboxylic acids is 2. The molecule has 3 heterocycles. The fourth-order valence-electron chi connectivity index (χ4n) is 4.13. The molecule has 1 fully saturated rings. The van der Waals surface area contributed by atoms with Crippen LogP contribution in [-0.4, -0.2) is 71.2 Å². The molecular formula is C25H30N4O6. The zero-order chi connectivity index (χ0) is 24.8. The van der Waals surface area contributed by atoms with Crippen LogP contribution in [0.15, 0.2) is 42.6 Å². The average Bonchev–Trinajstić information content (AvgIpc) is 3.53. The van der Waals surface area contributed by atoms with E-state index in [-0.39, 0.29) is 30.7 Å². The zero-order valence-corrected chi connectivity index (χ0v) is 19.6. The minimum absolute atomic E-state index is 0.114. The number of aryl methyl sites for hydroxylation is 2. The number of fused-ring (bicyclic) bond motifs is 1. The number of amides is 1. The Hall–Kier alpha value is -3.47. The van der Waals surface area contributed by atoms with Gasteiger partial charge in [0.05, 0.1) is 49.9 Å². The maximum atomic E-state index is 13.0. The second-order valence-electron chi connectivity index (χ2n) is 8.46. The fourth-order valence-corrected chi connectivity index (χ4v) is 4.13. The zero-order valence-electron chi connectivity index (χ0n) is 19.6. The number of esters is 1. The van der Waals surface area contributed by atoms with Crippen LogP contribution in [0.5, 0.6) is 0 Å². The van der Waals surface area contributed by atoms with Crippen molar-refractivity contribution in [3.63, 3.8) is 0 Å². The minimum atomic E-state index is -0.937. The molecule has 1 aromatic carbocycles. The number of aliphatic hydroxyl groups is 2. The number of aromatic nitrogens is 2. The first-order valence-corrected chi connectivity index (χ1v) is 11.6. The Labute approximate surface area is 202 Å². The SMILES string of the molecule is COC(=O)c1c(NC(=O)C2CCOC2)c2cc(NCC(O)CO)cnc2n1CCc1ccccc1. The van der Waals surface area contributed by atoms with Gasteiger partial charge in [-0.3, -0.25) is 4.79 Å². The Morgan fingerprint density at radius 3 is 2.80 bits per heavy atom. The van der Waals surface area contributed by atoms with Crippen LogP contribution in [0.3, 0.4) is 0 Å². The molecule has 0 aliphatic carbocycles. The van der Waals surface area contributed by atoms with Crippen molar-refractivity contribution in [3.8, 4) is 0 Å². The monoisotopic (exact) mass is 482 g/mol. The summed E-state index contributed by atoms with van der Waals surface area (Å²) in [6.07, 6.45) is 1.90. The summed E-state index contributed by atoms with van der Waals surface area (Å²) in [6.45, 7) is 1.02. The summed E-state index contributed by atoms with van der Waals surface area (Å²) in [4.78, 5) is 30.5. The number of aliphatic hydroxyl groups excluding tert-OH is 2. The Kier molecular flexibility index (Phi) is 7.96. The van der Waals surface area contributed by atoms with Crippen molar-refractivity contribution in [2.24, 2.45) is 5.92 Å². The molecule has 0 radical (unpaired) electrons. The first-order chi connectivity index (χ1) is 17.0.